The maximum Gasteiger partial charge on any atom is 0.329 e. The number of carbonyl (C=O) groups is 2. The molecule has 0 aromatic carbocycles. The third kappa shape index (κ3) is 3.73. The molecule has 2 bridgehead atoms. The summed E-state index contributed by atoms with van der Waals surface area (Å²) in [7, 11) is 0. The van der Waals surface area contributed by atoms with Crippen LogP contribution in [0.1, 0.15) is 30.3 Å². The minimum absolute atomic E-state index is 0.0159. The molecule has 1 saturated heterocycles. The van der Waals surface area contributed by atoms with Crippen LogP contribution in [0.3, 0.4) is 0 Å². The number of aromatic nitrogens is 2. The Hall–Kier alpha value is -3.20. The molecular weight excluding hydrogens is 372 g/mol. The highest BCUT2D eigenvalue weighted by molar-refractivity contribution is 6.05. The van der Waals surface area contributed by atoms with Crippen LogP contribution in [0.25, 0.3) is 0 Å². The van der Waals surface area contributed by atoms with Gasteiger partial charge in [0, 0.05) is 19.3 Å². The summed E-state index contributed by atoms with van der Waals surface area (Å²) in [4.78, 5) is 38.1. The number of carbonyl (C=O) groups excluding carboxylic acids is 2. The minimum atomic E-state index is -0.369. The van der Waals surface area contributed by atoms with E-state index >= 15 is 0 Å². The number of nitrogens with one attached hydrogen (secondary N) is 2. The van der Waals surface area contributed by atoms with Gasteiger partial charge in [-0.2, -0.15) is 0 Å². The second kappa shape index (κ2) is 8.04. The molecular formula is C20H24N6O3. The molecule has 29 heavy (non-hydrogen) atoms. The fourth-order valence-electron chi connectivity index (χ4n) is 3.74. The van der Waals surface area contributed by atoms with Gasteiger partial charge in [0.2, 0.25) is 0 Å². The molecule has 0 aliphatic carbocycles. The highest BCUT2D eigenvalue weighted by Gasteiger charge is 2.40. The molecule has 1 unspecified atom stereocenters. The van der Waals surface area contributed by atoms with Crippen molar-refractivity contribution >= 4 is 29.3 Å². The molecule has 0 radical (unpaired) electrons. The fourth-order valence-corrected chi connectivity index (χ4v) is 3.74. The molecule has 3 amide bonds. The molecule has 3 N–H and O–H groups in total. The molecule has 2 aromatic heterocycles. The predicted molar refractivity (Wildman–Crippen MR) is 109 cm³/mol. The summed E-state index contributed by atoms with van der Waals surface area (Å²) in [5.41, 5.74) is 1.05. The van der Waals surface area contributed by atoms with Crippen LogP contribution >= 0.6 is 0 Å². The highest BCUT2D eigenvalue weighted by atomic mass is 16.3. The Balaban J connectivity index is 1.63. The molecule has 1 fully saturated rings. The summed E-state index contributed by atoms with van der Waals surface area (Å²) in [5, 5.41) is 14.9. The van der Waals surface area contributed by atoms with E-state index in [1.807, 2.05) is 13.0 Å². The van der Waals surface area contributed by atoms with E-state index in [1.54, 1.807) is 35.4 Å². The first-order chi connectivity index (χ1) is 14.1. The predicted octanol–water partition coefficient (Wildman–Crippen LogP) is 1.61. The van der Waals surface area contributed by atoms with Crippen molar-refractivity contribution in [2.24, 2.45) is 0 Å². The normalized spacial score (nSPS) is 18.2. The van der Waals surface area contributed by atoms with Gasteiger partial charge in [-0.15, -0.1) is 0 Å². The summed E-state index contributed by atoms with van der Waals surface area (Å²) in [6, 6.07) is 8.14. The van der Waals surface area contributed by atoms with Gasteiger partial charge < -0.3 is 15.3 Å². The van der Waals surface area contributed by atoms with E-state index in [2.05, 4.69) is 25.5 Å². The van der Waals surface area contributed by atoms with Crippen LogP contribution in [0.15, 0.2) is 36.5 Å². The number of pyridine rings is 2. The maximum atomic E-state index is 13.1. The van der Waals surface area contributed by atoms with Crippen LogP contribution in [0, 0.1) is 0 Å². The molecule has 2 aliphatic heterocycles. The summed E-state index contributed by atoms with van der Waals surface area (Å²) < 4.78 is 0. The van der Waals surface area contributed by atoms with Gasteiger partial charge in [-0.3, -0.25) is 15.0 Å². The molecule has 2 aliphatic rings. The van der Waals surface area contributed by atoms with Gasteiger partial charge in [0.25, 0.3) is 5.91 Å². The van der Waals surface area contributed by atoms with E-state index < -0.39 is 0 Å². The molecule has 2 atom stereocenters. The molecule has 9 nitrogen and oxygen atoms in total. The lowest BCUT2D eigenvalue weighted by molar-refractivity contribution is 0.0910. The van der Waals surface area contributed by atoms with Crippen molar-refractivity contribution in [2.45, 2.75) is 31.8 Å². The van der Waals surface area contributed by atoms with E-state index in [0.717, 1.165) is 25.2 Å². The van der Waals surface area contributed by atoms with E-state index in [4.69, 9.17) is 0 Å². The average Bonchev–Trinajstić information content (AvgIpc) is 3.16. The second-order valence-electron chi connectivity index (χ2n) is 7.20. The van der Waals surface area contributed by atoms with Crippen LogP contribution in [-0.4, -0.2) is 58.8 Å². The van der Waals surface area contributed by atoms with E-state index in [1.165, 1.54) is 0 Å². The SMILES string of the molecule is CCC(CO)NC(=O)c1ccc2c(n1)N(C(=O)Nc1ccccn1)[C@H]1CCN2C1. The van der Waals surface area contributed by atoms with Gasteiger partial charge in [-0.25, -0.2) is 14.8 Å². The highest BCUT2D eigenvalue weighted by Crippen LogP contribution is 2.39. The van der Waals surface area contributed by atoms with Crippen molar-refractivity contribution in [1.82, 2.24) is 15.3 Å². The average molecular weight is 396 g/mol. The number of nitrogens with zero attached hydrogens (tertiary/aromatic N) is 4. The Kier molecular flexibility index (Phi) is 5.30. The topological polar surface area (TPSA) is 111 Å². The number of anilines is 3. The first-order valence-electron chi connectivity index (χ1n) is 9.79. The number of aliphatic hydroxyl groups excluding tert-OH is 1. The van der Waals surface area contributed by atoms with Crippen molar-refractivity contribution in [3.8, 4) is 0 Å². The zero-order valence-corrected chi connectivity index (χ0v) is 16.2. The lowest BCUT2D eigenvalue weighted by Gasteiger charge is -2.35. The summed E-state index contributed by atoms with van der Waals surface area (Å²) in [5.74, 6) is 0.561. The third-order valence-corrected chi connectivity index (χ3v) is 5.35. The van der Waals surface area contributed by atoms with Crippen molar-refractivity contribution in [3.63, 3.8) is 0 Å². The van der Waals surface area contributed by atoms with Gasteiger partial charge in [0.15, 0.2) is 5.82 Å². The Bertz CT molecular complexity index is 902. The third-order valence-electron chi connectivity index (χ3n) is 5.35. The van der Waals surface area contributed by atoms with Crippen LogP contribution in [0.2, 0.25) is 0 Å². The lowest BCUT2D eigenvalue weighted by atomic mass is 10.1. The Morgan fingerprint density at radius 3 is 2.90 bits per heavy atom. The smallest absolute Gasteiger partial charge is 0.329 e. The molecule has 4 heterocycles. The Labute approximate surface area is 168 Å². The lowest BCUT2D eigenvalue weighted by Crippen LogP contribution is -2.48. The standard InChI is InChI=1S/C20H24N6O3/c1-2-13(12-27)22-19(28)15-6-7-16-18(23-15)26(14-8-10-25(16)11-14)20(29)24-17-5-3-4-9-21-17/h3-7,9,13-14,27H,2,8,10-12H2,1H3,(H,22,28)(H,21,24,29)/t13?,14-/m0/s1. The zero-order chi connectivity index (χ0) is 20.4. The van der Waals surface area contributed by atoms with Gasteiger partial charge in [-0.05, 0) is 37.1 Å². The molecule has 4 rings (SSSR count). The van der Waals surface area contributed by atoms with Gasteiger partial charge in [0.1, 0.15) is 11.5 Å². The fraction of sp³-hybridized carbons (Fsp3) is 0.400. The number of hydrogen-bond acceptors (Lipinski definition) is 6. The summed E-state index contributed by atoms with van der Waals surface area (Å²) in [6.45, 7) is 3.32. The maximum absolute atomic E-state index is 13.1. The van der Waals surface area contributed by atoms with Crippen LogP contribution in [0.4, 0.5) is 22.1 Å². The van der Waals surface area contributed by atoms with Crippen molar-refractivity contribution in [2.75, 3.05) is 34.8 Å². The summed E-state index contributed by atoms with van der Waals surface area (Å²) in [6.07, 6.45) is 3.06. The number of rotatable bonds is 5. The molecule has 0 spiro atoms. The van der Waals surface area contributed by atoms with Crippen LogP contribution < -0.4 is 20.4 Å². The number of fused-ring (bicyclic) bond motifs is 4. The van der Waals surface area contributed by atoms with Gasteiger partial charge in [-0.1, -0.05) is 13.0 Å². The number of hydrogen-bond donors (Lipinski definition) is 3. The van der Waals surface area contributed by atoms with E-state index in [-0.39, 0.29) is 36.3 Å². The Morgan fingerprint density at radius 2 is 2.17 bits per heavy atom. The molecule has 2 aromatic rings. The number of urea groups is 1. The monoisotopic (exact) mass is 396 g/mol. The van der Waals surface area contributed by atoms with Crippen LogP contribution in [0.5, 0.6) is 0 Å². The zero-order valence-electron chi connectivity index (χ0n) is 16.2. The quantitative estimate of drug-likeness (QED) is 0.708. The van der Waals surface area contributed by atoms with Gasteiger partial charge >= 0.3 is 6.03 Å². The number of amides is 3. The Morgan fingerprint density at radius 1 is 1.31 bits per heavy atom. The molecule has 152 valence electrons. The molecule has 0 saturated carbocycles. The second-order valence-corrected chi connectivity index (χ2v) is 7.20. The van der Waals surface area contributed by atoms with Crippen molar-refractivity contribution < 1.29 is 14.7 Å². The minimum Gasteiger partial charge on any atom is -0.394 e. The largest absolute Gasteiger partial charge is 0.394 e. The first-order valence-corrected chi connectivity index (χ1v) is 9.79. The number of aliphatic hydroxyl groups is 1. The van der Waals surface area contributed by atoms with E-state index in [9.17, 15) is 14.7 Å². The van der Waals surface area contributed by atoms with Crippen LogP contribution in [-0.2, 0) is 0 Å². The van der Waals surface area contributed by atoms with Crippen molar-refractivity contribution in [3.05, 3.63) is 42.2 Å². The van der Waals surface area contributed by atoms with E-state index in [0.29, 0.717) is 18.1 Å². The van der Waals surface area contributed by atoms with Crippen molar-refractivity contribution in [1.29, 1.82) is 0 Å². The van der Waals surface area contributed by atoms with Gasteiger partial charge in [0.05, 0.1) is 24.4 Å². The molecule has 9 heteroatoms. The first kappa shape index (κ1) is 19.1. The summed E-state index contributed by atoms with van der Waals surface area (Å²) >= 11 is 0.